The summed E-state index contributed by atoms with van der Waals surface area (Å²) in [4.78, 5) is 12.3. The highest BCUT2D eigenvalue weighted by molar-refractivity contribution is 6.02. The highest BCUT2D eigenvalue weighted by Crippen LogP contribution is 2.34. The van der Waals surface area contributed by atoms with Gasteiger partial charge in [0.1, 0.15) is 0 Å². The standard InChI is InChI=1S/C23H25NO2/c1-16(2)15-26-23(25)17(3)14-20-19-12-8-9-13-21(19)24(4)22(20)18-10-6-5-7-11-18/h5-14,16H,15H2,1-4H3. The minimum Gasteiger partial charge on any atom is -0.462 e. The number of hydrogen-bond acceptors (Lipinski definition) is 2. The van der Waals surface area contributed by atoms with Crippen LogP contribution in [-0.4, -0.2) is 17.1 Å². The molecule has 0 fully saturated rings. The van der Waals surface area contributed by atoms with Crippen LogP contribution >= 0.6 is 0 Å². The van der Waals surface area contributed by atoms with Crippen LogP contribution in [0.15, 0.2) is 60.2 Å². The topological polar surface area (TPSA) is 31.2 Å². The monoisotopic (exact) mass is 347 g/mol. The van der Waals surface area contributed by atoms with E-state index in [2.05, 4.69) is 35.9 Å². The Kier molecular flexibility index (Phi) is 5.27. The summed E-state index contributed by atoms with van der Waals surface area (Å²) in [7, 11) is 2.06. The third-order valence-corrected chi connectivity index (χ3v) is 4.42. The van der Waals surface area contributed by atoms with Crippen molar-refractivity contribution in [2.45, 2.75) is 20.8 Å². The minimum absolute atomic E-state index is 0.259. The van der Waals surface area contributed by atoms with E-state index in [9.17, 15) is 4.79 Å². The van der Waals surface area contributed by atoms with E-state index in [1.807, 2.05) is 57.2 Å². The lowest BCUT2D eigenvalue weighted by Gasteiger charge is -2.09. The first-order valence-electron chi connectivity index (χ1n) is 8.97. The van der Waals surface area contributed by atoms with Crippen LogP contribution in [0.5, 0.6) is 0 Å². The quantitative estimate of drug-likeness (QED) is 0.454. The fraction of sp³-hybridized carbons (Fsp3) is 0.261. The van der Waals surface area contributed by atoms with Gasteiger partial charge in [0, 0.05) is 29.1 Å². The van der Waals surface area contributed by atoms with Crippen LogP contribution in [0.4, 0.5) is 0 Å². The molecule has 1 heterocycles. The second-order valence-electron chi connectivity index (χ2n) is 7.02. The van der Waals surface area contributed by atoms with Gasteiger partial charge in [-0.05, 0) is 30.5 Å². The molecule has 0 saturated carbocycles. The van der Waals surface area contributed by atoms with Crippen molar-refractivity contribution in [3.05, 3.63) is 65.7 Å². The first-order chi connectivity index (χ1) is 12.5. The molecule has 0 saturated heterocycles. The fourth-order valence-corrected chi connectivity index (χ4v) is 3.15. The molecule has 2 aromatic carbocycles. The predicted octanol–water partition coefficient (Wildman–Crippen LogP) is 5.45. The molecule has 0 bridgehead atoms. The molecular weight excluding hydrogens is 322 g/mol. The number of carbonyl (C=O) groups excluding carboxylic acids is 1. The molecule has 0 unspecified atom stereocenters. The van der Waals surface area contributed by atoms with Crippen molar-refractivity contribution in [2.75, 3.05) is 6.61 Å². The number of ether oxygens (including phenoxy) is 1. The molecule has 0 aliphatic carbocycles. The molecular formula is C23H25NO2. The van der Waals surface area contributed by atoms with Gasteiger partial charge in [-0.1, -0.05) is 62.4 Å². The Hall–Kier alpha value is -2.81. The zero-order valence-electron chi connectivity index (χ0n) is 15.8. The van der Waals surface area contributed by atoms with Gasteiger partial charge >= 0.3 is 5.97 Å². The molecule has 3 heteroatoms. The zero-order valence-corrected chi connectivity index (χ0v) is 15.8. The van der Waals surface area contributed by atoms with E-state index in [-0.39, 0.29) is 5.97 Å². The highest BCUT2D eigenvalue weighted by atomic mass is 16.5. The Morgan fingerprint density at radius 2 is 1.73 bits per heavy atom. The summed E-state index contributed by atoms with van der Waals surface area (Å²) in [5.41, 5.74) is 5.03. The lowest BCUT2D eigenvalue weighted by Crippen LogP contribution is -2.10. The molecule has 0 atom stereocenters. The number of fused-ring (bicyclic) bond motifs is 1. The van der Waals surface area contributed by atoms with Gasteiger partial charge in [-0.3, -0.25) is 0 Å². The number of rotatable bonds is 5. The lowest BCUT2D eigenvalue weighted by atomic mass is 10.0. The molecule has 134 valence electrons. The third kappa shape index (κ3) is 3.57. The van der Waals surface area contributed by atoms with Crippen molar-refractivity contribution in [1.29, 1.82) is 0 Å². The normalized spacial score (nSPS) is 12.0. The van der Waals surface area contributed by atoms with Crippen LogP contribution in [0.25, 0.3) is 28.2 Å². The predicted molar refractivity (Wildman–Crippen MR) is 108 cm³/mol. The molecule has 3 aromatic rings. The summed E-state index contributed by atoms with van der Waals surface area (Å²) < 4.78 is 7.57. The summed E-state index contributed by atoms with van der Waals surface area (Å²) in [5, 5.41) is 1.13. The molecule has 0 radical (unpaired) electrons. The molecule has 0 N–H and O–H groups in total. The van der Waals surface area contributed by atoms with Gasteiger partial charge in [-0.2, -0.15) is 0 Å². The van der Waals surface area contributed by atoms with E-state index in [0.29, 0.717) is 18.1 Å². The maximum atomic E-state index is 12.3. The Balaban J connectivity index is 2.13. The van der Waals surface area contributed by atoms with Crippen LogP contribution < -0.4 is 0 Å². The van der Waals surface area contributed by atoms with Crippen LogP contribution in [0, 0.1) is 5.92 Å². The number of aryl methyl sites for hydroxylation is 1. The zero-order chi connectivity index (χ0) is 18.7. The van der Waals surface area contributed by atoms with Gasteiger partial charge in [-0.25, -0.2) is 4.79 Å². The van der Waals surface area contributed by atoms with Gasteiger partial charge in [-0.15, -0.1) is 0 Å². The number of carbonyl (C=O) groups is 1. The van der Waals surface area contributed by atoms with Gasteiger partial charge in [0.05, 0.1) is 12.3 Å². The van der Waals surface area contributed by atoms with Gasteiger partial charge in [0.25, 0.3) is 0 Å². The molecule has 3 rings (SSSR count). The van der Waals surface area contributed by atoms with Crippen molar-refractivity contribution >= 4 is 22.9 Å². The van der Waals surface area contributed by atoms with E-state index in [4.69, 9.17) is 4.74 Å². The van der Waals surface area contributed by atoms with E-state index >= 15 is 0 Å². The van der Waals surface area contributed by atoms with Crippen molar-refractivity contribution in [3.8, 4) is 11.3 Å². The number of esters is 1. The molecule has 1 aromatic heterocycles. The number of nitrogens with zero attached hydrogens (tertiary/aromatic N) is 1. The summed E-state index contributed by atoms with van der Waals surface area (Å²) in [6.45, 7) is 6.32. The van der Waals surface area contributed by atoms with Crippen molar-refractivity contribution in [1.82, 2.24) is 4.57 Å². The number of aromatic nitrogens is 1. The Morgan fingerprint density at radius 1 is 1.08 bits per heavy atom. The van der Waals surface area contributed by atoms with Gasteiger partial charge < -0.3 is 9.30 Å². The molecule has 0 aliphatic rings. The summed E-state index contributed by atoms with van der Waals surface area (Å²) in [5.74, 6) is 0.0647. The number of para-hydroxylation sites is 1. The van der Waals surface area contributed by atoms with Crippen LogP contribution in [-0.2, 0) is 16.6 Å². The van der Waals surface area contributed by atoms with E-state index in [1.165, 1.54) is 0 Å². The SMILES string of the molecule is CC(=Cc1c(-c2ccccc2)n(C)c2ccccc12)C(=O)OCC(C)C. The van der Waals surface area contributed by atoms with E-state index in [1.54, 1.807) is 0 Å². The Morgan fingerprint density at radius 3 is 2.42 bits per heavy atom. The fourth-order valence-electron chi connectivity index (χ4n) is 3.15. The van der Waals surface area contributed by atoms with Crippen molar-refractivity contribution in [3.63, 3.8) is 0 Å². The number of benzene rings is 2. The minimum atomic E-state index is -0.259. The van der Waals surface area contributed by atoms with Crippen molar-refractivity contribution in [2.24, 2.45) is 13.0 Å². The lowest BCUT2D eigenvalue weighted by molar-refractivity contribution is -0.139. The molecule has 0 spiro atoms. The first kappa shape index (κ1) is 18.0. The third-order valence-electron chi connectivity index (χ3n) is 4.42. The summed E-state index contributed by atoms with van der Waals surface area (Å²) in [6, 6.07) is 18.5. The highest BCUT2D eigenvalue weighted by Gasteiger charge is 2.16. The second kappa shape index (κ2) is 7.61. The van der Waals surface area contributed by atoms with Crippen LogP contribution in [0.2, 0.25) is 0 Å². The van der Waals surface area contributed by atoms with Gasteiger partial charge in [0.15, 0.2) is 0 Å². The molecule has 0 amide bonds. The van der Waals surface area contributed by atoms with Crippen molar-refractivity contribution < 1.29 is 9.53 Å². The first-order valence-corrected chi connectivity index (χ1v) is 8.97. The summed E-state index contributed by atoms with van der Waals surface area (Å²) in [6.07, 6.45) is 1.95. The van der Waals surface area contributed by atoms with Gasteiger partial charge in [0.2, 0.25) is 0 Å². The van der Waals surface area contributed by atoms with E-state index < -0.39 is 0 Å². The molecule has 26 heavy (non-hydrogen) atoms. The average Bonchev–Trinajstić information content (AvgIpc) is 2.92. The maximum Gasteiger partial charge on any atom is 0.333 e. The van der Waals surface area contributed by atoms with E-state index in [0.717, 1.165) is 27.7 Å². The maximum absolute atomic E-state index is 12.3. The summed E-state index contributed by atoms with van der Waals surface area (Å²) >= 11 is 0. The number of hydrogen-bond donors (Lipinski definition) is 0. The average molecular weight is 347 g/mol. The van der Waals surface area contributed by atoms with Crippen LogP contribution in [0.1, 0.15) is 26.3 Å². The Bertz CT molecular complexity index is 949. The molecule has 0 aliphatic heterocycles. The smallest absolute Gasteiger partial charge is 0.333 e. The van der Waals surface area contributed by atoms with Crippen LogP contribution in [0.3, 0.4) is 0 Å². The largest absolute Gasteiger partial charge is 0.462 e. The molecule has 3 nitrogen and oxygen atoms in total. The Labute approximate surface area is 154 Å². The second-order valence-corrected chi connectivity index (χ2v) is 7.02.